The predicted octanol–water partition coefficient (Wildman–Crippen LogP) is -3.93. The van der Waals surface area contributed by atoms with E-state index in [9.17, 15) is 0 Å². The fourth-order valence-electron chi connectivity index (χ4n) is 0.510. The van der Waals surface area contributed by atoms with Gasteiger partial charge in [0.15, 0.2) is 0 Å². The zero-order valence-corrected chi connectivity index (χ0v) is 18.2. The van der Waals surface area contributed by atoms with E-state index in [0.29, 0.717) is 0 Å². The first kappa shape index (κ1) is 46.3. The molecule has 1 saturated heterocycles. The molecule has 0 amide bonds. The van der Waals surface area contributed by atoms with Gasteiger partial charge in [0.1, 0.15) is 0 Å². The van der Waals surface area contributed by atoms with Crippen LogP contribution >= 0.6 is 0 Å². The molecular formula is C6H16Br2OZn3-2. The molecule has 1 heterocycles. The summed E-state index contributed by atoms with van der Waals surface area (Å²) in [4.78, 5) is 0. The van der Waals surface area contributed by atoms with Gasteiger partial charge in [-0.25, -0.2) is 0 Å². The molecule has 12 heavy (non-hydrogen) atoms. The summed E-state index contributed by atoms with van der Waals surface area (Å²) in [5.41, 5.74) is 0. The minimum absolute atomic E-state index is 0. The van der Waals surface area contributed by atoms with Gasteiger partial charge in [0.25, 0.3) is 0 Å². The molecule has 1 fully saturated rings. The van der Waals surface area contributed by atoms with Crippen LogP contribution in [0.5, 0.6) is 0 Å². The quantitative estimate of drug-likeness (QED) is 0.336. The standard InChI is InChI=1S/C4H8O.2CH4.2BrH.3Zn/c1-2-4-5-3-1;;;;;;;/h1-4H2;2*1H4;2*1H;;;/p-2. The molecule has 0 aromatic carbocycles. The van der Waals surface area contributed by atoms with E-state index in [1.807, 2.05) is 0 Å². The van der Waals surface area contributed by atoms with Crippen molar-refractivity contribution in [2.75, 3.05) is 13.2 Å². The van der Waals surface area contributed by atoms with E-state index in [-0.39, 0.29) is 107 Å². The summed E-state index contributed by atoms with van der Waals surface area (Å²) in [5, 5.41) is 0. The van der Waals surface area contributed by atoms with E-state index in [2.05, 4.69) is 0 Å². The number of halogens is 2. The van der Waals surface area contributed by atoms with Crippen LogP contribution in [0.3, 0.4) is 0 Å². The van der Waals surface area contributed by atoms with Gasteiger partial charge in [-0.3, -0.25) is 0 Å². The predicted molar refractivity (Wildman–Crippen MR) is 33.5 cm³/mol. The Morgan fingerprint density at radius 2 is 0.917 bits per heavy atom. The second-order valence-electron chi connectivity index (χ2n) is 1.32. The van der Waals surface area contributed by atoms with Crippen LogP contribution < -0.4 is 34.0 Å². The topological polar surface area (TPSA) is 9.23 Å². The zero-order valence-electron chi connectivity index (χ0n) is 6.11. The van der Waals surface area contributed by atoms with Crippen LogP contribution in [0.25, 0.3) is 0 Å². The second-order valence-corrected chi connectivity index (χ2v) is 1.32. The van der Waals surface area contributed by atoms with Gasteiger partial charge in [-0.1, -0.05) is 14.9 Å². The Balaban J connectivity index is -0.00000000714. The van der Waals surface area contributed by atoms with Gasteiger partial charge in [0.2, 0.25) is 0 Å². The maximum Gasteiger partial charge on any atom is 0.0466 e. The summed E-state index contributed by atoms with van der Waals surface area (Å²) in [6.07, 6.45) is 2.56. The SMILES string of the molecule is C.C.C1CCOC1.[Br-].[Br-].[Zn].[Zn].[Zn]. The first-order valence-corrected chi connectivity index (χ1v) is 2.08. The van der Waals surface area contributed by atoms with Crippen molar-refractivity contribution in [1.82, 2.24) is 0 Å². The van der Waals surface area contributed by atoms with Crippen molar-refractivity contribution in [1.29, 1.82) is 0 Å². The van der Waals surface area contributed by atoms with Crippen LogP contribution in [0.15, 0.2) is 0 Å². The van der Waals surface area contributed by atoms with E-state index < -0.39 is 0 Å². The largest absolute Gasteiger partial charge is 1.00 e. The minimum atomic E-state index is 0. The Morgan fingerprint density at radius 3 is 1.00 bits per heavy atom. The molecule has 0 unspecified atom stereocenters. The molecule has 0 bridgehead atoms. The first-order valence-electron chi connectivity index (χ1n) is 2.08. The summed E-state index contributed by atoms with van der Waals surface area (Å²) in [6.45, 7) is 2.00. The molecule has 1 rings (SSSR count). The molecule has 0 spiro atoms. The Hall–Kier alpha value is 2.79. The monoisotopic (exact) mass is 454 g/mol. The molecule has 0 aromatic heterocycles. The molecule has 1 aliphatic heterocycles. The average Bonchev–Trinajstić information content (AvgIpc) is 1.76. The molecule has 0 radical (unpaired) electrons. The van der Waals surface area contributed by atoms with Gasteiger partial charge < -0.3 is 38.7 Å². The van der Waals surface area contributed by atoms with E-state index in [1.165, 1.54) is 12.8 Å². The average molecular weight is 460 g/mol. The third-order valence-electron chi connectivity index (χ3n) is 0.827. The van der Waals surface area contributed by atoms with Gasteiger partial charge in [-0.2, -0.15) is 0 Å². The van der Waals surface area contributed by atoms with Gasteiger partial charge in [-0.15, -0.1) is 0 Å². The smallest absolute Gasteiger partial charge is 0.0466 e. The van der Waals surface area contributed by atoms with E-state index in [0.717, 1.165) is 13.2 Å². The van der Waals surface area contributed by atoms with Crippen LogP contribution in [-0.2, 0) is 63.2 Å². The number of hydrogen-bond donors (Lipinski definition) is 0. The molecule has 0 saturated carbocycles. The van der Waals surface area contributed by atoms with Crippen molar-refractivity contribution < 1.29 is 97.1 Å². The van der Waals surface area contributed by atoms with E-state index in [4.69, 9.17) is 4.74 Å². The summed E-state index contributed by atoms with van der Waals surface area (Å²) in [6, 6.07) is 0. The zero-order chi connectivity index (χ0) is 3.54. The molecule has 1 nitrogen and oxygen atoms in total. The Bertz CT molecular complexity index is 32.4. The second kappa shape index (κ2) is 37.2. The van der Waals surface area contributed by atoms with Crippen molar-refractivity contribution in [2.24, 2.45) is 0 Å². The summed E-state index contributed by atoms with van der Waals surface area (Å²) in [7, 11) is 0. The van der Waals surface area contributed by atoms with E-state index in [1.54, 1.807) is 0 Å². The molecule has 68 valence electrons. The van der Waals surface area contributed by atoms with Gasteiger partial charge >= 0.3 is 0 Å². The summed E-state index contributed by atoms with van der Waals surface area (Å²) < 4.78 is 4.94. The maximum atomic E-state index is 4.94. The Labute approximate surface area is 136 Å². The van der Waals surface area contributed by atoms with Crippen molar-refractivity contribution in [3.05, 3.63) is 0 Å². The van der Waals surface area contributed by atoms with Gasteiger partial charge in [-0.05, 0) is 12.8 Å². The van der Waals surface area contributed by atoms with Crippen LogP contribution in [0.4, 0.5) is 0 Å². The van der Waals surface area contributed by atoms with Crippen molar-refractivity contribution in [3.63, 3.8) is 0 Å². The molecular weight excluding hydrogens is 444 g/mol. The third kappa shape index (κ3) is 29.3. The third-order valence-corrected chi connectivity index (χ3v) is 0.827. The van der Waals surface area contributed by atoms with Crippen LogP contribution in [0.2, 0.25) is 0 Å². The Morgan fingerprint density at radius 1 is 0.667 bits per heavy atom. The molecule has 1 aliphatic rings. The normalized spacial score (nSPS) is 10.0. The van der Waals surface area contributed by atoms with Crippen molar-refractivity contribution in [2.45, 2.75) is 27.7 Å². The summed E-state index contributed by atoms with van der Waals surface area (Å²) >= 11 is 0. The Kier molecular flexibility index (Phi) is 144. The number of rotatable bonds is 0. The molecule has 0 aromatic rings. The van der Waals surface area contributed by atoms with Crippen LogP contribution in [0.1, 0.15) is 27.7 Å². The van der Waals surface area contributed by atoms with Gasteiger partial charge in [0, 0.05) is 71.6 Å². The molecule has 0 N–H and O–H groups in total. The van der Waals surface area contributed by atoms with Gasteiger partial charge in [0.05, 0.1) is 0 Å². The molecule has 6 heteroatoms. The van der Waals surface area contributed by atoms with Crippen molar-refractivity contribution >= 4 is 0 Å². The maximum absolute atomic E-state index is 4.94. The molecule has 0 atom stereocenters. The first-order chi connectivity index (χ1) is 2.50. The number of ether oxygens (including phenoxy) is 1. The summed E-state index contributed by atoms with van der Waals surface area (Å²) in [5.74, 6) is 0. The van der Waals surface area contributed by atoms with E-state index >= 15 is 0 Å². The van der Waals surface area contributed by atoms with Crippen LogP contribution in [0, 0.1) is 0 Å². The fraction of sp³-hybridized carbons (Fsp3) is 1.00. The minimum Gasteiger partial charge on any atom is -1.00 e. The number of hydrogen-bond acceptors (Lipinski definition) is 1. The fourth-order valence-corrected chi connectivity index (χ4v) is 0.510. The van der Waals surface area contributed by atoms with Crippen LogP contribution in [-0.4, -0.2) is 13.2 Å². The molecule has 0 aliphatic carbocycles. The van der Waals surface area contributed by atoms with Crippen molar-refractivity contribution in [3.8, 4) is 0 Å².